The molecule has 0 aromatic heterocycles. The van der Waals surface area contributed by atoms with Gasteiger partial charge in [0.1, 0.15) is 17.5 Å². The third kappa shape index (κ3) is 5.86. The molecule has 0 fully saturated rings. The average Bonchev–Trinajstić information content (AvgIpc) is 3.90. The molecule has 0 amide bonds. The van der Waals surface area contributed by atoms with Gasteiger partial charge in [0.05, 0.1) is 0 Å². The summed E-state index contributed by atoms with van der Waals surface area (Å²) in [5.41, 5.74) is 1.68. The summed E-state index contributed by atoms with van der Waals surface area (Å²) in [5, 5.41) is 9.45. The minimum Gasteiger partial charge on any atom is -0.462 e. The van der Waals surface area contributed by atoms with Crippen LogP contribution in [0.3, 0.4) is 0 Å². The van der Waals surface area contributed by atoms with Crippen LogP contribution in [0.4, 0.5) is 0 Å². The largest absolute Gasteiger partial charge is 0.462 e. The minimum atomic E-state index is -0.904. The molecule has 8 aromatic carbocycles. The Hall–Kier alpha value is -6.26. The summed E-state index contributed by atoms with van der Waals surface area (Å²) in [6, 6.07) is 60.8. The highest BCUT2D eigenvalue weighted by Crippen LogP contribution is 2.53. The Morgan fingerprint density at radius 2 is 0.644 bits per heavy atom. The van der Waals surface area contributed by atoms with E-state index >= 15 is 0 Å². The topological polar surface area (TPSA) is 43.2 Å². The molecule has 0 saturated carbocycles. The molecule has 0 spiro atoms. The van der Waals surface area contributed by atoms with Gasteiger partial charge in [-0.15, -0.1) is 0 Å². The monoisotopic (exact) mass is 770 g/mol. The van der Waals surface area contributed by atoms with Gasteiger partial charge in [0.2, 0.25) is 11.8 Å². The number of hydrogen-bond acceptors (Lipinski definition) is 4. The Kier molecular flexibility index (Phi) is 8.75. The summed E-state index contributed by atoms with van der Waals surface area (Å²) in [6.07, 6.45) is 0. The van der Waals surface area contributed by atoms with Crippen LogP contribution >= 0.6 is 0 Å². The van der Waals surface area contributed by atoms with Crippen molar-refractivity contribution in [2.45, 2.75) is 64.8 Å². The van der Waals surface area contributed by atoms with Gasteiger partial charge in [-0.3, -0.25) is 0 Å². The summed E-state index contributed by atoms with van der Waals surface area (Å²) in [5.74, 6) is 1.55. The molecule has 2 aliphatic heterocycles. The van der Waals surface area contributed by atoms with E-state index in [1.54, 1.807) is 0 Å². The summed E-state index contributed by atoms with van der Waals surface area (Å²) in [7, 11) is 0. The molecule has 0 unspecified atom stereocenters. The molecule has 0 saturated heterocycles. The van der Waals surface area contributed by atoms with E-state index in [2.05, 4.69) is 211 Å². The lowest BCUT2D eigenvalue weighted by atomic mass is 9.75. The van der Waals surface area contributed by atoms with E-state index in [1.807, 2.05) is 0 Å². The molecular formula is C55H50N2O2. The van der Waals surface area contributed by atoms with Crippen LogP contribution in [0.1, 0.15) is 63.8 Å². The van der Waals surface area contributed by atoms with Gasteiger partial charge < -0.3 is 9.47 Å². The number of rotatable bonds is 8. The van der Waals surface area contributed by atoms with Crippen molar-refractivity contribution in [3.63, 3.8) is 0 Å². The maximum atomic E-state index is 7.65. The first-order valence-electron chi connectivity index (χ1n) is 21.1. The third-order valence-corrected chi connectivity index (χ3v) is 12.9. The van der Waals surface area contributed by atoms with E-state index in [4.69, 9.17) is 19.5 Å². The minimum absolute atomic E-state index is 0.144. The molecule has 4 heteroatoms. The van der Waals surface area contributed by atoms with Gasteiger partial charge in [0.15, 0.2) is 11.2 Å². The van der Waals surface area contributed by atoms with E-state index < -0.39 is 16.6 Å². The smallest absolute Gasteiger partial charge is 0.200 e. The first-order valence-corrected chi connectivity index (χ1v) is 21.1. The lowest BCUT2D eigenvalue weighted by molar-refractivity contribution is 0.0604. The number of hydrogen-bond donors (Lipinski definition) is 0. The zero-order chi connectivity index (χ0) is 40.5. The van der Waals surface area contributed by atoms with E-state index in [1.165, 1.54) is 43.1 Å². The van der Waals surface area contributed by atoms with Crippen molar-refractivity contribution in [3.8, 4) is 0 Å². The zero-order valence-electron chi connectivity index (χ0n) is 34.7. The quantitative estimate of drug-likeness (QED) is 0.154. The maximum absolute atomic E-state index is 7.65. The van der Waals surface area contributed by atoms with Crippen LogP contribution in [-0.2, 0) is 20.7 Å². The second kappa shape index (κ2) is 13.9. The molecule has 4 nitrogen and oxygen atoms in total. The molecule has 0 radical (unpaired) electrons. The molecule has 2 heterocycles. The number of benzene rings is 8. The SMILES string of the molecule is CC(C)[C@@H]1N=C(C(C)(C)C2=N[C@@H](C(C)C)C(c3ccc4ccccc4c3)(c3ccc4ccccc4c3)O2)OC1(c1ccc2ccccc2c1)c1ccc2ccccc2c1. The Morgan fingerprint density at radius 3 is 0.898 bits per heavy atom. The highest BCUT2D eigenvalue weighted by atomic mass is 16.5. The van der Waals surface area contributed by atoms with Gasteiger partial charge in [-0.25, -0.2) is 9.98 Å². The molecule has 0 bridgehead atoms. The fourth-order valence-electron chi connectivity index (χ4n) is 9.75. The average molecular weight is 771 g/mol. The lowest BCUT2D eigenvalue weighted by Crippen LogP contribution is -2.45. The summed E-state index contributed by atoms with van der Waals surface area (Å²) in [6.45, 7) is 13.4. The molecule has 292 valence electrons. The number of ether oxygens (including phenoxy) is 2. The zero-order valence-corrected chi connectivity index (χ0v) is 34.7. The summed E-state index contributed by atoms with van der Waals surface area (Å²) >= 11 is 0. The van der Waals surface area contributed by atoms with Crippen molar-refractivity contribution in [1.82, 2.24) is 0 Å². The van der Waals surface area contributed by atoms with Crippen LogP contribution in [0.15, 0.2) is 180 Å². The summed E-state index contributed by atoms with van der Waals surface area (Å²) < 4.78 is 15.3. The highest BCUT2D eigenvalue weighted by molar-refractivity contribution is 6.06. The second-order valence-corrected chi connectivity index (χ2v) is 17.8. The van der Waals surface area contributed by atoms with Gasteiger partial charge in [-0.05, 0) is 93.0 Å². The van der Waals surface area contributed by atoms with E-state index in [0.717, 1.165) is 22.3 Å². The molecule has 0 aliphatic carbocycles. The molecule has 2 atom stereocenters. The fourth-order valence-corrected chi connectivity index (χ4v) is 9.75. The molecule has 59 heavy (non-hydrogen) atoms. The lowest BCUT2D eigenvalue weighted by Gasteiger charge is -2.39. The first-order chi connectivity index (χ1) is 28.6. The molecule has 8 aromatic rings. The third-order valence-electron chi connectivity index (χ3n) is 12.9. The predicted octanol–water partition coefficient (Wildman–Crippen LogP) is 13.4. The van der Waals surface area contributed by atoms with Gasteiger partial charge >= 0.3 is 0 Å². The highest BCUT2D eigenvalue weighted by Gasteiger charge is 2.59. The first kappa shape index (κ1) is 37.0. The predicted molar refractivity (Wildman–Crippen MR) is 245 cm³/mol. The molecule has 2 aliphatic rings. The van der Waals surface area contributed by atoms with E-state index in [0.29, 0.717) is 11.8 Å². The molecular weight excluding hydrogens is 721 g/mol. The molecule has 10 rings (SSSR count). The van der Waals surface area contributed by atoms with Crippen LogP contribution in [0, 0.1) is 17.3 Å². The Labute approximate surface area is 347 Å². The van der Waals surface area contributed by atoms with Crippen molar-refractivity contribution in [1.29, 1.82) is 0 Å². The van der Waals surface area contributed by atoms with Crippen LogP contribution in [0.25, 0.3) is 43.1 Å². The summed E-state index contributed by atoms with van der Waals surface area (Å²) in [4.78, 5) is 11.3. The van der Waals surface area contributed by atoms with Crippen molar-refractivity contribution in [2.75, 3.05) is 0 Å². The Balaban J connectivity index is 1.14. The van der Waals surface area contributed by atoms with Crippen LogP contribution in [0.2, 0.25) is 0 Å². The van der Waals surface area contributed by atoms with Gasteiger partial charge in [0.25, 0.3) is 0 Å². The van der Waals surface area contributed by atoms with Crippen LogP contribution in [-0.4, -0.2) is 23.9 Å². The van der Waals surface area contributed by atoms with Crippen molar-refractivity contribution in [2.24, 2.45) is 27.2 Å². The van der Waals surface area contributed by atoms with Crippen LogP contribution < -0.4 is 0 Å². The number of fused-ring (bicyclic) bond motifs is 4. The van der Waals surface area contributed by atoms with Crippen LogP contribution in [0.5, 0.6) is 0 Å². The van der Waals surface area contributed by atoms with E-state index in [9.17, 15) is 0 Å². The maximum Gasteiger partial charge on any atom is 0.200 e. The fraction of sp³-hybridized carbons (Fsp3) is 0.236. The normalized spacial score (nSPS) is 18.7. The van der Waals surface area contributed by atoms with Crippen molar-refractivity contribution < 1.29 is 9.47 Å². The second-order valence-electron chi connectivity index (χ2n) is 17.8. The standard InChI is InChI=1S/C55H50N2O2/c1-35(2)49-54(45-27-23-37-15-7-11-19-41(37)31-45,46-28-24-38-16-8-12-20-42(38)32-46)58-51(56-49)53(5,6)52-57-50(36(3)4)55(59-52,47-29-25-39-17-9-13-21-43(39)33-47)48-30-26-40-18-10-14-22-44(40)34-48/h7-36,49-50H,1-6H3/t49-,50-/m0/s1. The van der Waals surface area contributed by atoms with Gasteiger partial charge in [-0.2, -0.15) is 0 Å². The Bertz CT molecular complexity index is 2610. The number of nitrogens with zero attached hydrogens (tertiary/aromatic N) is 2. The van der Waals surface area contributed by atoms with Crippen molar-refractivity contribution in [3.05, 3.63) is 192 Å². The Morgan fingerprint density at radius 1 is 0.390 bits per heavy atom. The van der Waals surface area contributed by atoms with Gasteiger partial charge in [-0.1, -0.05) is 173 Å². The van der Waals surface area contributed by atoms with E-state index in [-0.39, 0.29) is 23.9 Å². The number of aliphatic imine (C=N–C) groups is 2. The molecule has 0 N–H and O–H groups in total. The van der Waals surface area contributed by atoms with Crippen molar-refractivity contribution >= 4 is 54.9 Å². The van der Waals surface area contributed by atoms with Gasteiger partial charge in [0, 0.05) is 22.3 Å².